The highest BCUT2D eigenvalue weighted by Gasteiger charge is 2.17. The molecule has 0 atom stereocenters. The van der Waals surface area contributed by atoms with E-state index >= 15 is 0 Å². The first kappa shape index (κ1) is 27.5. The van der Waals surface area contributed by atoms with Gasteiger partial charge < -0.3 is 9.80 Å². The molecule has 0 heterocycles. The first-order valence-electron chi connectivity index (χ1n) is 15.6. The molecule has 0 aromatic heterocycles. The summed E-state index contributed by atoms with van der Waals surface area (Å²) in [6.07, 6.45) is 0. The molecular formula is C42H36N2. The van der Waals surface area contributed by atoms with Crippen LogP contribution in [0, 0.1) is 0 Å². The van der Waals surface area contributed by atoms with Crippen molar-refractivity contribution in [3.8, 4) is 22.3 Å². The summed E-state index contributed by atoms with van der Waals surface area (Å²) in [6.45, 7) is 6.22. The second-order valence-electron chi connectivity index (χ2n) is 11.1. The van der Waals surface area contributed by atoms with Crippen molar-refractivity contribution in [3.63, 3.8) is 0 Å². The Morgan fingerprint density at radius 3 is 0.886 bits per heavy atom. The van der Waals surface area contributed by atoms with Crippen LogP contribution in [-0.2, 0) is 0 Å². The van der Waals surface area contributed by atoms with E-state index in [2.05, 4.69) is 181 Å². The van der Waals surface area contributed by atoms with Crippen molar-refractivity contribution in [2.45, 2.75) is 13.8 Å². The third kappa shape index (κ3) is 4.99. The maximum Gasteiger partial charge on any atom is 0.0411 e. The van der Waals surface area contributed by atoms with Gasteiger partial charge in [-0.3, -0.25) is 0 Å². The van der Waals surface area contributed by atoms with Gasteiger partial charge >= 0.3 is 0 Å². The molecule has 7 aromatic carbocycles. The number of benzene rings is 7. The van der Waals surface area contributed by atoms with E-state index in [4.69, 9.17) is 0 Å². The zero-order valence-electron chi connectivity index (χ0n) is 25.3. The predicted octanol–water partition coefficient (Wildman–Crippen LogP) is 11.6. The Labute approximate surface area is 260 Å². The van der Waals surface area contributed by atoms with Gasteiger partial charge in [0.05, 0.1) is 0 Å². The third-order valence-corrected chi connectivity index (χ3v) is 8.63. The lowest BCUT2D eigenvalue weighted by Gasteiger charge is -2.24. The minimum atomic E-state index is 0.907. The van der Waals surface area contributed by atoms with Crippen LogP contribution in [0.15, 0.2) is 158 Å². The lowest BCUT2D eigenvalue weighted by Crippen LogP contribution is -2.15. The summed E-state index contributed by atoms with van der Waals surface area (Å²) in [4.78, 5) is 4.70. The molecule has 7 rings (SSSR count). The highest BCUT2D eigenvalue weighted by Crippen LogP contribution is 2.44. The van der Waals surface area contributed by atoms with Gasteiger partial charge in [0.1, 0.15) is 0 Å². The van der Waals surface area contributed by atoms with Crippen molar-refractivity contribution in [1.82, 2.24) is 0 Å². The molecule has 0 saturated carbocycles. The normalized spacial score (nSPS) is 11.1. The minimum absolute atomic E-state index is 0.907. The van der Waals surface area contributed by atoms with Gasteiger partial charge in [0, 0.05) is 35.8 Å². The van der Waals surface area contributed by atoms with Crippen LogP contribution in [0.25, 0.3) is 43.8 Å². The molecule has 0 aliphatic rings. The molecule has 0 unspecified atom stereocenters. The van der Waals surface area contributed by atoms with E-state index in [9.17, 15) is 0 Å². The number of hydrogen-bond acceptors (Lipinski definition) is 2. The Kier molecular flexibility index (Phi) is 7.56. The van der Waals surface area contributed by atoms with Gasteiger partial charge in [0.15, 0.2) is 0 Å². The van der Waals surface area contributed by atoms with Gasteiger partial charge in [0.2, 0.25) is 0 Å². The van der Waals surface area contributed by atoms with Crippen LogP contribution in [0.3, 0.4) is 0 Å². The Morgan fingerprint density at radius 2 is 0.591 bits per heavy atom. The van der Waals surface area contributed by atoms with Crippen LogP contribution in [-0.4, -0.2) is 13.1 Å². The van der Waals surface area contributed by atoms with Gasteiger partial charge in [-0.15, -0.1) is 0 Å². The Balaban J connectivity index is 1.35. The van der Waals surface area contributed by atoms with E-state index in [1.807, 2.05) is 0 Å². The molecule has 44 heavy (non-hydrogen) atoms. The van der Waals surface area contributed by atoms with Gasteiger partial charge in [-0.2, -0.15) is 0 Å². The number of nitrogens with zero attached hydrogens (tertiary/aromatic N) is 2. The van der Waals surface area contributed by atoms with E-state index in [-0.39, 0.29) is 0 Å². The summed E-state index contributed by atoms with van der Waals surface area (Å²) in [6, 6.07) is 57.2. The van der Waals surface area contributed by atoms with Gasteiger partial charge in [-0.25, -0.2) is 0 Å². The molecular weight excluding hydrogens is 532 g/mol. The lowest BCUT2D eigenvalue weighted by atomic mass is 9.86. The van der Waals surface area contributed by atoms with Crippen molar-refractivity contribution >= 4 is 44.3 Å². The fourth-order valence-electron chi connectivity index (χ4n) is 6.61. The molecule has 214 valence electrons. The minimum Gasteiger partial charge on any atom is -0.342 e. The molecule has 7 aromatic rings. The van der Waals surface area contributed by atoms with Gasteiger partial charge in [-0.1, -0.05) is 109 Å². The molecule has 0 fully saturated rings. The zero-order chi connectivity index (χ0) is 29.9. The molecule has 0 N–H and O–H groups in total. The van der Waals surface area contributed by atoms with Crippen LogP contribution in [0.2, 0.25) is 0 Å². The average Bonchev–Trinajstić information content (AvgIpc) is 3.10. The second kappa shape index (κ2) is 12.1. The largest absolute Gasteiger partial charge is 0.342 e. The van der Waals surface area contributed by atoms with E-state index in [0.717, 1.165) is 13.1 Å². The number of fused-ring (bicyclic) bond motifs is 2. The lowest BCUT2D eigenvalue weighted by molar-refractivity contribution is 1.02. The van der Waals surface area contributed by atoms with Crippen LogP contribution in [0.5, 0.6) is 0 Å². The highest BCUT2D eigenvalue weighted by molar-refractivity contribution is 6.21. The van der Waals surface area contributed by atoms with Crippen LogP contribution >= 0.6 is 0 Å². The van der Waals surface area contributed by atoms with Crippen LogP contribution in [0.4, 0.5) is 22.7 Å². The topological polar surface area (TPSA) is 6.48 Å². The van der Waals surface area contributed by atoms with Crippen molar-refractivity contribution < 1.29 is 0 Å². The molecule has 2 heteroatoms. The molecule has 0 spiro atoms. The Morgan fingerprint density at radius 1 is 0.318 bits per heavy atom. The number of rotatable bonds is 8. The van der Waals surface area contributed by atoms with Crippen LogP contribution < -0.4 is 9.80 Å². The summed E-state index contributed by atoms with van der Waals surface area (Å²) in [5.41, 5.74) is 9.84. The molecule has 0 aliphatic heterocycles. The standard InChI is InChI=1S/C42H36N2/c1-3-43(33-15-7-5-8-16-33)35-27-23-31(24-28-35)41-37-19-11-13-21-39(37)42(40-22-14-12-20-38(40)41)32-25-29-36(30-26-32)44(4-2)34-17-9-6-10-18-34/h5-30H,3-4H2,1-2H3. The molecule has 0 amide bonds. The maximum absolute atomic E-state index is 2.35. The fraction of sp³-hybridized carbons (Fsp3) is 0.0952. The van der Waals surface area contributed by atoms with Crippen LogP contribution in [0.1, 0.15) is 13.8 Å². The highest BCUT2D eigenvalue weighted by atomic mass is 15.1. The Hall–Kier alpha value is -5.34. The van der Waals surface area contributed by atoms with E-state index < -0.39 is 0 Å². The van der Waals surface area contributed by atoms with Crippen molar-refractivity contribution in [2.75, 3.05) is 22.9 Å². The summed E-state index contributed by atoms with van der Waals surface area (Å²) < 4.78 is 0. The summed E-state index contributed by atoms with van der Waals surface area (Å²) in [5, 5.41) is 5.08. The van der Waals surface area contributed by atoms with E-state index in [1.54, 1.807) is 0 Å². The number of para-hydroxylation sites is 2. The van der Waals surface area contributed by atoms with Gasteiger partial charge in [0.25, 0.3) is 0 Å². The third-order valence-electron chi connectivity index (χ3n) is 8.63. The first-order chi connectivity index (χ1) is 21.8. The summed E-state index contributed by atoms with van der Waals surface area (Å²) >= 11 is 0. The molecule has 0 saturated heterocycles. The van der Waals surface area contributed by atoms with E-state index in [1.165, 1.54) is 66.5 Å². The fourth-order valence-corrected chi connectivity index (χ4v) is 6.61. The number of anilines is 4. The average molecular weight is 569 g/mol. The predicted molar refractivity (Wildman–Crippen MR) is 191 cm³/mol. The first-order valence-corrected chi connectivity index (χ1v) is 15.6. The smallest absolute Gasteiger partial charge is 0.0411 e. The SMILES string of the molecule is CCN(c1ccccc1)c1ccc(-c2c3ccccc3c(-c3ccc(N(CC)c4ccccc4)cc3)c3ccccc23)cc1. The molecule has 2 nitrogen and oxygen atoms in total. The van der Waals surface area contributed by atoms with Crippen molar-refractivity contribution in [1.29, 1.82) is 0 Å². The monoisotopic (exact) mass is 568 g/mol. The van der Waals surface area contributed by atoms with Crippen molar-refractivity contribution in [3.05, 3.63) is 158 Å². The Bertz CT molecular complexity index is 1810. The summed E-state index contributed by atoms with van der Waals surface area (Å²) in [7, 11) is 0. The number of hydrogen-bond donors (Lipinski definition) is 0. The summed E-state index contributed by atoms with van der Waals surface area (Å²) in [5.74, 6) is 0. The molecule has 0 aliphatic carbocycles. The maximum atomic E-state index is 2.35. The quantitative estimate of drug-likeness (QED) is 0.168. The van der Waals surface area contributed by atoms with Gasteiger partial charge in [-0.05, 0) is 106 Å². The molecule has 0 radical (unpaired) electrons. The van der Waals surface area contributed by atoms with E-state index in [0.29, 0.717) is 0 Å². The molecule has 0 bridgehead atoms. The van der Waals surface area contributed by atoms with Crippen molar-refractivity contribution in [2.24, 2.45) is 0 Å². The second-order valence-corrected chi connectivity index (χ2v) is 11.1. The zero-order valence-corrected chi connectivity index (χ0v) is 25.3.